The Hall–Kier alpha value is -3.44. The summed E-state index contributed by atoms with van der Waals surface area (Å²) < 4.78 is 0. The number of rotatable bonds is 3. The summed E-state index contributed by atoms with van der Waals surface area (Å²) in [6.45, 7) is 6.39. The van der Waals surface area contributed by atoms with Gasteiger partial charge in [-0.25, -0.2) is 0 Å². The molecule has 4 rings (SSSR count). The fraction of sp³-hybridized carbons (Fsp3) is 0.333. The Bertz CT molecular complexity index is 1210. The van der Waals surface area contributed by atoms with Crippen LogP contribution in [0.5, 0.6) is 0 Å². The molecule has 0 radical (unpaired) electrons. The second kappa shape index (κ2) is 7.92. The predicted octanol–water partition coefficient (Wildman–Crippen LogP) is 5.26. The maximum absolute atomic E-state index is 13.2. The number of nitrogens with two attached hydrogens (primary N) is 1. The van der Waals surface area contributed by atoms with E-state index in [9.17, 15) is 20.2 Å². The molecule has 0 fully saturated rings. The van der Waals surface area contributed by atoms with Crippen LogP contribution in [0.25, 0.3) is 0 Å². The van der Waals surface area contributed by atoms with E-state index in [1.165, 1.54) is 17.0 Å². The average molecular weight is 449 g/mol. The number of carbonyl (C=O) groups is 1. The quantitative estimate of drug-likeness (QED) is 0.506. The Kier molecular flexibility index (Phi) is 5.39. The number of nitrogens with zero attached hydrogens (tertiary/aromatic N) is 3. The first-order valence-electron chi connectivity index (χ1n) is 10.4. The number of nitro groups is 1. The van der Waals surface area contributed by atoms with Gasteiger partial charge < -0.3 is 5.73 Å². The van der Waals surface area contributed by atoms with Gasteiger partial charge in [-0.15, -0.1) is 11.3 Å². The third-order valence-corrected chi connectivity index (χ3v) is 7.46. The number of ketones is 1. The zero-order valence-electron chi connectivity index (χ0n) is 18.2. The number of nitriles is 1. The lowest BCUT2D eigenvalue weighted by atomic mass is 9.78. The molecule has 1 atom stereocenters. The fourth-order valence-corrected chi connectivity index (χ4v) is 5.49. The summed E-state index contributed by atoms with van der Waals surface area (Å²) in [5.41, 5.74) is 8.79. The summed E-state index contributed by atoms with van der Waals surface area (Å²) >= 11 is 1.61. The lowest BCUT2D eigenvalue weighted by molar-refractivity contribution is -0.384. The number of anilines is 1. The van der Waals surface area contributed by atoms with E-state index in [1.54, 1.807) is 28.4 Å². The first-order chi connectivity index (χ1) is 15.1. The van der Waals surface area contributed by atoms with E-state index < -0.39 is 10.8 Å². The van der Waals surface area contributed by atoms with Crippen LogP contribution in [-0.2, 0) is 10.2 Å². The molecule has 8 heteroatoms. The summed E-state index contributed by atoms with van der Waals surface area (Å²) in [7, 11) is 0. The maximum Gasteiger partial charge on any atom is 0.269 e. The summed E-state index contributed by atoms with van der Waals surface area (Å²) in [6, 6.07) is 12.3. The molecule has 0 unspecified atom stereocenters. The average Bonchev–Trinajstić information content (AvgIpc) is 3.24. The number of Topliss-reactive ketones (excluding diaryl/α,β-unsaturated/α-hetero) is 1. The number of carbonyl (C=O) groups excluding carboxylic acids is 1. The zero-order chi connectivity index (χ0) is 23.2. The number of hydrogen-bond donors (Lipinski definition) is 1. The third kappa shape index (κ3) is 3.59. The van der Waals surface area contributed by atoms with Crippen molar-refractivity contribution in [2.24, 2.45) is 5.73 Å². The molecule has 0 bridgehead atoms. The molecule has 164 valence electrons. The van der Waals surface area contributed by atoms with E-state index in [0.29, 0.717) is 36.1 Å². The highest BCUT2D eigenvalue weighted by Gasteiger charge is 2.41. The number of benzene rings is 1. The van der Waals surface area contributed by atoms with Gasteiger partial charge in [-0.2, -0.15) is 5.26 Å². The van der Waals surface area contributed by atoms with Gasteiger partial charge in [0.05, 0.1) is 22.5 Å². The molecular formula is C24H24N4O3S. The molecule has 2 heterocycles. The van der Waals surface area contributed by atoms with Gasteiger partial charge in [0.1, 0.15) is 5.82 Å². The van der Waals surface area contributed by atoms with Gasteiger partial charge in [-0.3, -0.25) is 19.8 Å². The van der Waals surface area contributed by atoms with Crippen LogP contribution in [0.4, 0.5) is 11.4 Å². The van der Waals surface area contributed by atoms with Crippen molar-refractivity contribution in [1.29, 1.82) is 5.26 Å². The summed E-state index contributed by atoms with van der Waals surface area (Å²) in [4.78, 5) is 27.6. The molecular weight excluding hydrogens is 424 g/mol. The molecule has 7 nitrogen and oxygen atoms in total. The third-order valence-electron chi connectivity index (χ3n) is 5.88. The van der Waals surface area contributed by atoms with Gasteiger partial charge in [-0.05, 0) is 42.5 Å². The fourth-order valence-electron chi connectivity index (χ4n) is 4.30. The maximum atomic E-state index is 13.2. The topological polar surface area (TPSA) is 113 Å². The van der Waals surface area contributed by atoms with Gasteiger partial charge in [0.2, 0.25) is 0 Å². The second-order valence-electron chi connectivity index (χ2n) is 9.04. The first kappa shape index (κ1) is 21.8. The van der Waals surface area contributed by atoms with Gasteiger partial charge in [0, 0.05) is 45.3 Å². The molecule has 0 saturated carbocycles. The number of nitro benzene ring substituents is 1. The molecule has 1 aromatic carbocycles. The van der Waals surface area contributed by atoms with E-state index in [1.807, 2.05) is 6.07 Å². The van der Waals surface area contributed by atoms with Crippen LogP contribution in [0.3, 0.4) is 0 Å². The monoisotopic (exact) mass is 448 g/mol. The van der Waals surface area contributed by atoms with Crippen LogP contribution < -0.4 is 10.6 Å². The minimum absolute atomic E-state index is 0.0223. The van der Waals surface area contributed by atoms with Crippen LogP contribution in [0.15, 0.2) is 59.1 Å². The minimum Gasteiger partial charge on any atom is -0.384 e. The first-order valence-corrected chi connectivity index (χ1v) is 11.3. The van der Waals surface area contributed by atoms with Crippen molar-refractivity contribution >= 4 is 28.5 Å². The molecule has 0 saturated heterocycles. The molecule has 2 N–H and O–H groups in total. The van der Waals surface area contributed by atoms with Gasteiger partial charge >= 0.3 is 0 Å². The molecule has 2 aromatic rings. The lowest BCUT2D eigenvalue weighted by Crippen LogP contribution is -2.38. The highest BCUT2D eigenvalue weighted by Crippen LogP contribution is 2.48. The number of thiophene rings is 1. The van der Waals surface area contributed by atoms with Crippen LogP contribution in [-0.4, -0.2) is 10.7 Å². The smallest absolute Gasteiger partial charge is 0.269 e. The van der Waals surface area contributed by atoms with Crippen molar-refractivity contribution in [3.05, 3.63) is 78.9 Å². The predicted molar refractivity (Wildman–Crippen MR) is 124 cm³/mol. The molecule has 0 amide bonds. The Balaban J connectivity index is 1.90. The van der Waals surface area contributed by atoms with Crippen LogP contribution in [0.1, 0.15) is 55.7 Å². The Morgan fingerprint density at radius 2 is 1.88 bits per heavy atom. The highest BCUT2D eigenvalue weighted by molar-refractivity contribution is 7.12. The Morgan fingerprint density at radius 3 is 2.44 bits per heavy atom. The molecule has 1 aromatic heterocycles. The van der Waals surface area contributed by atoms with Gasteiger partial charge in [-0.1, -0.05) is 20.8 Å². The SMILES string of the molecule is CC(C)(C)c1ccc([C@@H]2C(C#N)=C(N)N(c3ccc([N+](=O)[O-])cc3)C3=C2C(=O)CCC3)s1. The standard InChI is InChI=1S/C24H24N4O3S/c1-24(2,3)20-12-11-19(32-20)21-16(13-25)23(26)27(17-5-4-6-18(29)22(17)21)14-7-9-15(10-8-14)28(30)31/h7-12,21H,4-6,26H2,1-3H3/t21-/m0/s1. The van der Waals surface area contributed by atoms with Crippen molar-refractivity contribution in [3.8, 4) is 6.07 Å². The van der Waals surface area contributed by atoms with Crippen molar-refractivity contribution in [1.82, 2.24) is 0 Å². The molecule has 1 aliphatic heterocycles. The van der Waals surface area contributed by atoms with E-state index in [4.69, 9.17) is 5.73 Å². The Morgan fingerprint density at radius 1 is 1.19 bits per heavy atom. The molecule has 1 aliphatic carbocycles. The summed E-state index contributed by atoms with van der Waals surface area (Å²) in [6.07, 6.45) is 1.77. The zero-order valence-corrected chi connectivity index (χ0v) is 19.0. The van der Waals surface area contributed by atoms with Crippen molar-refractivity contribution in [3.63, 3.8) is 0 Å². The van der Waals surface area contributed by atoms with E-state index in [2.05, 4.69) is 32.9 Å². The number of hydrogen-bond acceptors (Lipinski definition) is 7. The second-order valence-corrected chi connectivity index (χ2v) is 10.2. The number of non-ortho nitro benzene ring substituents is 1. The van der Waals surface area contributed by atoms with Crippen LogP contribution >= 0.6 is 11.3 Å². The van der Waals surface area contributed by atoms with E-state index >= 15 is 0 Å². The highest BCUT2D eigenvalue weighted by atomic mass is 32.1. The van der Waals surface area contributed by atoms with Gasteiger partial charge in [0.15, 0.2) is 5.78 Å². The minimum atomic E-state index is -0.488. The Labute approximate surface area is 190 Å². The van der Waals surface area contributed by atoms with Crippen molar-refractivity contribution in [2.75, 3.05) is 4.90 Å². The normalized spacial score (nSPS) is 19.1. The van der Waals surface area contributed by atoms with Crippen LogP contribution in [0, 0.1) is 21.4 Å². The summed E-state index contributed by atoms with van der Waals surface area (Å²) in [5, 5.41) is 21.1. The van der Waals surface area contributed by atoms with E-state index in [-0.39, 0.29) is 22.7 Å². The molecule has 32 heavy (non-hydrogen) atoms. The lowest BCUT2D eigenvalue weighted by Gasteiger charge is -2.39. The van der Waals surface area contributed by atoms with Crippen molar-refractivity contribution in [2.45, 2.75) is 51.4 Å². The summed E-state index contributed by atoms with van der Waals surface area (Å²) in [5.74, 6) is -0.196. The van der Waals surface area contributed by atoms with E-state index in [0.717, 1.165) is 10.6 Å². The largest absolute Gasteiger partial charge is 0.384 e. The molecule has 0 spiro atoms. The van der Waals surface area contributed by atoms with Crippen molar-refractivity contribution < 1.29 is 9.72 Å². The molecule has 2 aliphatic rings. The van der Waals surface area contributed by atoms with Crippen LogP contribution in [0.2, 0.25) is 0 Å². The number of allylic oxidation sites excluding steroid dienone is 3. The van der Waals surface area contributed by atoms with Gasteiger partial charge in [0.25, 0.3) is 5.69 Å².